The number of carbonyl (C=O) groups is 1. The maximum atomic E-state index is 11.6. The average Bonchev–Trinajstić information content (AvgIpc) is 2.60. The number of anilines is 3. The number of hydrogen-bond acceptors (Lipinski definition) is 6. The fourth-order valence-corrected chi connectivity index (χ4v) is 3.61. The van der Waals surface area contributed by atoms with Crippen molar-refractivity contribution in [3.05, 3.63) is 35.7 Å². The Hall–Kier alpha value is -2.70. The summed E-state index contributed by atoms with van der Waals surface area (Å²) in [4.78, 5) is 29.7. The highest BCUT2D eigenvalue weighted by atomic mass is 16.2. The molecule has 27 heavy (non-hydrogen) atoms. The molecule has 142 valence electrons. The molecule has 0 unspecified atom stereocenters. The average molecular weight is 366 g/mol. The van der Waals surface area contributed by atoms with E-state index in [-0.39, 0.29) is 5.91 Å². The van der Waals surface area contributed by atoms with Gasteiger partial charge in [-0.2, -0.15) is 4.98 Å². The number of amides is 1. The van der Waals surface area contributed by atoms with Gasteiger partial charge in [-0.1, -0.05) is 0 Å². The van der Waals surface area contributed by atoms with Crippen molar-refractivity contribution < 1.29 is 4.79 Å². The quantitative estimate of drug-likeness (QED) is 0.897. The molecule has 2 aromatic heterocycles. The Morgan fingerprint density at radius 3 is 2.52 bits per heavy atom. The van der Waals surface area contributed by atoms with Crippen LogP contribution in [0.4, 0.5) is 17.6 Å². The molecule has 2 aliphatic rings. The topological polar surface area (TPSA) is 74.2 Å². The SMILES string of the molecule is CC(=O)N1CCC(c2cc(Nc3cc(C)ccn3)nc(N3CCC3)n2)CC1. The Labute approximate surface area is 159 Å². The minimum absolute atomic E-state index is 0.158. The molecule has 4 heterocycles. The Morgan fingerprint density at radius 1 is 1.11 bits per heavy atom. The van der Waals surface area contributed by atoms with Crippen LogP contribution in [0.5, 0.6) is 0 Å². The first-order valence-corrected chi connectivity index (χ1v) is 9.67. The van der Waals surface area contributed by atoms with Crippen molar-refractivity contribution in [1.82, 2.24) is 19.9 Å². The van der Waals surface area contributed by atoms with Gasteiger partial charge in [-0.15, -0.1) is 0 Å². The largest absolute Gasteiger partial charge is 0.343 e. The maximum absolute atomic E-state index is 11.6. The Kier molecular flexibility index (Phi) is 4.92. The third kappa shape index (κ3) is 4.02. The molecule has 0 aliphatic carbocycles. The molecule has 1 amide bonds. The maximum Gasteiger partial charge on any atom is 0.227 e. The zero-order valence-electron chi connectivity index (χ0n) is 16.0. The van der Waals surface area contributed by atoms with Crippen molar-refractivity contribution in [2.45, 2.75) is 39.0 Å². The van der Waals surface area contributed by atoms with Gasteiger partial charge in [0.05, 0.1) is 5.69 Å². The highest BCUT2D eigenvalue weighted by Crippen LogP contribution is 2.30. The lowest BCUT2D eigenvalue weighted by Gasteiger charge is -2.33. The Balaban J connectivity index is 1.58. The summed E-state index contributed by atoms with van der Waals surface area (Å²) in [6.45, 7) is 7.30. The number of aryl methyl sites for hydroxylation is 1. The normalized spacial score (nSPS) is 17.6. The molecule has 0 aromatic carbocycles. The van der Waals surface area contributed by atoms with Crippen molar-refractivity contribution in [3.63, 3.8) is 0 Å². The highest BCUT2D eigenvalue weighted by Gasteiger charge is 2.25. The molecule has 2 aliphatic heterocycles. The van der Waals surface area contributed by atoms with E-state index in [0.717, 1.165) is 67.9 Å². The van der Waals surface area contributed by atoms with Crippen LogP contribution in [0.1, 0.15) is 43.4 Å². The van der Waals surface area contributed by atoms with Crippen LogP contribution in [0, 0.1) is 6.92 Å². The number of aromatic nitrogens is 3. The van der Waals surface area contributed by atoms with E-state index in [0.29, 0.717) is 5.92 Å². The third-order valence-corrected chi connectivity index (χ3v) is 5.40. The van der Waals surface area contributed by atoms with E-state index in [4.69, 9.17) is 9.97 Å². The fourth-order valence-electron chi connectivity index (χ4n) is 3.61. The third-order valence-electron chi connectivity index (χ3n) is 5.40. The summed E-state index contributed by atoms with van der Waals surface area (Å²) in [6, 6.07) is 6.03. The van der Waals surface area contributed by atoms with Gasteiger partial charge in [0.15, 0.2) is 0 Å². The summed E-state index contributed by atoms with van der Waals surface area (Å²) in [5.41, 5.74) is 2.21. The number of carbonyl (C=O) groups excluding carboxylic acids is 1. The van der Waals surface area contributed by atoms with Crippen molar-refractivity contribution in [1.29, 1.82) is 0 Å². The standard InChI is InChI=1S/C20H26N6O/c1-14-4-7-21-18(12-14)23-19-13-17(22-20(24-19)26-8-3-9-26)16-5-10-25(11-6-16)15(2)27/h4,7,12-13,16H,3,5-6,8-11H2,1-2H3,(H,21,22,23,24). The molecule has 2 aromatic rings. The van der Waals surface area contributed by atoms with Gasteiger partial charge in [-0.05, 0) is 43.9 Å². The van der Waals surface area contributed by atoms with Gasteiger partial charge in [0.25, 0.3) is 0 Å². The first kappa shape index (κ1) is 17.7. The Bertz CT molecular complexity index is 827. The number of piperidine rings is 1. The van der Waals surface area contributed by atoms with E-state index in [1.54, 1.807) is 13.1 Å². The van der Waals surface area contributed by atoms with Crippen LogP contribution in [-0.4, -0.2) is 51.9 Å². The minimum atomic E-state index is 0.158. The number of likely N-dealkylation sites (tertiary alicyclic amines) is 1. The monoisotopic (exact) mass is 366 g/mol. The highest BCUT2D eigenvalue weighted by molar-refractivity contribution is 5.73. The van der Waals surface area contributed by atoms with Crippen molar-refractivity contribution in [2.24, 2.45) is 0 Å². The van der Waals surface area contributed by atoms with Gasteiger partial charge in [0.2, 0.25) is 11.9 Å². The molecule has 0 radical (unpaired) electrons. The molecule has 0 bridgehead atoms. The van der Waals surface area contributed by atoms with Crippen LogP contribution in [0.3, 0.4) is 0 Å². The first-order valence-electron chi connectivity index (χ1n) is 9.67. The van der Waals surface area contributed by atoms with E-state index in [9.17, 15) is 4.79 Å². The lowest BCUT2D eigenvalue weighted by molar-refractivity contribution is -0.129. The molecular weight excluding hydrogens is 340 g/mol. The lowest BCUT2D eigenvalue weighted by Crippen LogP contribution is -2.39. The van der Waals surface area contributed by atoms with Gasteiger partial charge in [-0.3, -0.25) is 4.79 Å². The van der Waals surface area contributed by atoms with E-state index in [1.807, 2.05) is 30.0 Å². The molecule has 2 saturated heterocycles. The summed E-state index contributed by atoms with van der Waals surface area (Å²) in [6.07, 6.45) is 4.87. The van der Waals surface area contributed by atoms with Crippen LogP contribution >= 0.6 is 0 Å². The van der Waals surface area contributed by atoms with E-state index in [2.05, 4.69) is 15.2 Å². The molecule has 4 rings (SSSR count). The smallest absolute Gasteiger partial charge is 0.227 e. The zero-order chi connectivity index (χ0) is 18.8. The molecule has 0 saturated carbocycles. The second-order valence-corrected chi connectivity index (χ2v) is 7.44. The van der Waals surface area contributed by atoms with Crippen LogP contribution < -0.4 is 10.2 Å². The van der Waals surface area contributed by atoms with Crippen molar-refractivity contribution in [2.75, 3.05) is 36.4 Å². The molecule has 0 spiro atoms. The molecule has 2 fully saturated rings. The fraction of sp³-hybridized carbons (Fsp3) is 0.500. The predicted octanol–water partition coefficient (Wildman–Crippen LogP) is 2.86. The van der Waals surface area contributed by atoms with Gasteiger partial charge in [-0.25, -0.2) is 9.97 Å². The molecule has 0 atom stereocenters. The molecule has 7 nitrogen and oxygen atoms in total. The molecular formula is C20H26N6O. The van der Waals surface area contributed by atoms with Crippen LogP contribution in [-0.2, 0) is 4.79 Å². The van der Waals surface area contributed by atoms with Gasteiger partial charge in [0, 0.05) is 51.3 Å². The van der Waals surface area contributed by atoms with Gasteiger partial charge >= 0.3 is 0 Å². The van der Waals surface area contributed by atoms with Crippen molar-refractivity contribution in [3.8, 4) is 0 Å². The Morgan fingerprint density at radius 2 is 1.89 bits per heavy atom. The predicted molar refractivity (Wildman–Crippen MR) is 105 cm³/mol. The molecule has 7 heteroatoms. The van der Waals surface area contributed by atoms with Gasteiger partial charge in [0.1, 0.15) is 11.6 Å². The summed E-state index contributed by atoms with van der Waals surface area (Å²) in [5, 5.41) is 3.34. The summed E-state index contributed by atoms with van der Waals surface area (Å²) in [5.74, 6) is 2.89. The minimum Gasteiger partial charge on any atom is -0.343 e. The number of pyridine rings is 1. The van der Waals surface area contributed by atoms with E-state index < -0.39 is 0 Å². The number of rotatable bonds is 4. The number of nitrogens with one attached hydrogen (secondary N) is 1. The first-order chi connectivity index (χ1) is 13.1. The van der Waals surface area contributed by atoms with Crippen LogP contribution in [0.15, 0.2) is 24.4 Å². The number of nitrogens with zero attached hydrogens (tertiary/aromatic N) is 5. The lowest BCUT2D eigenvalue weighted by atomic mass is 9.93. The molecule has 1 N–H and O–H groups in total. The summed E-state index contributed by atoms with van der Waals surface area (Å²) in [7, 11) is 0. The van der Waals surface area contributed by atoms with Crippen LogP contribution in [0.25, 0.3) is 0 Å². The summed E-state index contributed by atoms with van der Waals surface area (Å²) < 4.78 is 0. The second kappa shape index (κ2) is 7.50. The van der Waals surface area contributed by atoms with Crippen molar-refractivity contribution >= 4 is 23.5 Å². The number of hydrogen-bond donors (Lipinski definition) is 1. The summed E-state index contributed by atoms with van der Waals surface area (Å²) >= 11 is 0. The van der Waals surface area contributed by atoms with E-state index in [1.165, 1.54) is 6.42 Å². The van der Waals surface area contributed by atoms with Crippen LogP contribution in [0.2, 0.25) is 0 Å². The second-order valence-electron chi connectivity index (χ2n) is 7.44. The van der Waals surface area contributed by atoms with E-state index >= 15 is 0 Å². The zero-order valence-corrected chi connectivity index (χ0v) is 16.0. The van der Waals surface area contributed by atoms with Gasteiger partial charge < -0.3 is 15.1 Å².